The number of rotatable bonds is 3. The van der Waals surface area contributed by atoms with Crippen molar-refractivity contribution in [3.63, 3.8) is 0 Å². The van der Waals surface area contributed by atoms with Crippen LogP contribution in [0.3, 0.4) is 0 Å². The predicted molar refractivity (Wildman–Crippen MR) is 87.8 cm³/mol. The van der Waals surface area contributed by atoms with Gasteiger partial charge >= 0.3 is 0 Å². The number of hydrogen-bond donors (Lipinski definition) is 2. The number of benzene rings is 2. The molecule has 3 N–H and O–H groups in total. The Kier molecular flexibility index (Phi) is 3.32. The molecule has 0 spiro atoms. The third kappa shape index (κ3) is 2.47. The Morgan fingerprint density at radius 1 is 1.15 bits per heavy atom. The lowest BCUT2D eigenvalue weighted by Crippen LogP contribution is -1.96. The highest BCUT2D eigenvalue weighted by atomic mass is 32.1. The van der Waals surface area contributed by atoms with Crippen LogP contribution in [0.15, 0.2) is 42.5 Å². The molecule has 1 aromatic heterocycles. The van der Waals surface area contributed by atoms with Crippen LogP contribution in [0.4, 0.5) is 16.5 Å². The Bertz CT molecular complexity index is 746. The molecule has 2 aromatic carbocycles. The van der Waals surface area contributed by atoms with Gasteiger partial charge < -0.3 is 11.1 Å². The molecular formula is C16H17N3S. The van der Waals surface area contributed by atoms with Crippen molar-refractivity contribution in [3.8, 4) is 0 Å². The summed E-state index contributed by atoms with van der Waals surface area (Å²) >= 11 is 1.62. The van der Waals surface area contributed by atoms with Crippen LogP contribution in [-0.4, -0.2) is 4.98 Å². The molecular weight excluding hydrogens is 266 g/mol. The van der Waals surface area contributed by atoms with Crippen LogP contribution in [0.5, 0.6) is 0 Å². The van der Waals surface area contributed by atoms with E-state index < -0.39 is 0 Å². The molecule has 3 rings (SSSR count). The van der Waals surface area contributed by atoms with Gasteiger partial charge in [-0.2, -0.15) is 0 Å². The standard InChI is InChI=1S/C16H17N3S/c1-10(2)12-5-3-4-6-13(12)18-16-19-14-8-7-11(17)9-15(14)20-16/h3-10H,17H2,1-2H3,(H,18,19). The summed E-state index contributed by atoms with van der Waals surface area (Å²) < 4.78 is 1.11. The minimum absolute atomic E-state index is 0.476. The molecule has 0 saturated heterocycles. The SMILES string of the molecule is CC(C)c1ccccc1Nc1nc2ccc(N)cc2s1. The van der Waals surface area contributed by atoms with E-state index in [0.29, 0.717) is 5.92 Å². The van der Waals surface area contributed by atoms with E-state index in [2.05, 4.69) is 42.3 Å². The first-order chi connectivity index (χ1) is 9.63. The molecule has 102 valence electrons. The average molecular weight is 283 g/mol. The zero-order chi connectivity index (χ0) is 14.1. The molecule has 0 fully saturated rings. The normalized spacial score (nSPS) is 11.2. The van der Waals surface area contributed by atoms with Crippen molar-refractivity contribution in [1.29, 1.82) is 0 Å². The third-order valence-corrected chi connectivity index (χ3v) is 4.17. The van der Waals surface area contributed by atoms with E-state index in [1.165, 1.54) is 5.56 Å². The summed E-state index contributed by atoms with van der Waals surface area (Å²) in [7, 11) is 0. The van der Waals surface area contributed by atoms with Crippen molar-refractivity contribution >= 4 is 38.1 Å². The molecule has 0 bridgehead atoms. The monoisotopic (exact) mass is 283 g/mol. The first-order valence-electron chi connectivity index (χ1n) is 6.65. The molecule has 0 aliphatic rings. The topological polar surface area (TPSA) is 50.9 Å². The van der Waals surface area contributed by atoms with Crippen molar-refractivity contribution in [2.45, 2.75) is 19.8 Å². The van der Waals surface area contributed by atoms with Crippen molar-refractivity contribution in [3.05, 3.63) is 48.0 Å². The predicted octanol–water partition coefficient (Wildman–Crippen LogP) is 4.75. The van der Waals surface area contributed by atoms with Crippen LogP contribution in [-0.2, 0) is 0 Å². The van der Waals surface area contributed by atoms with Gasteiger partial charge in [0.2, 0.25) is 0 Å². The summed E-state index contributed by atoms with van der Waals surface area (Å²) in [6.07, 6.45) is 0. The zero-order valence-corrected chi connectivity index (χ0v) is 12.4. The van der Waals surface area contributed by atoms with E-state index in [9.17, 15) is 0 Å². The number of fused-ring (bicyclic) bond motifs is 1. The minimum Gasteiger partial charge on any atom is -0.399 e. The fourth-order valence-electron chi connectivity index (χ4n) is 2.22. The van der Waals surface area contributed by atoms with Gasteiger partial charge in [0.15, 0.2) is 5.13 Å². The quantitative estimate of drug-likeness (QED) is 0.682. The molecule has 3 nitrogen and oxygen atoms in total. The van der Waals surface area contributed by atoms with Crippen molar-refractivity contribution in [2.24, 2.45) is 0 Å². The third-order valence-electron chi connectivity index (χ3n) is 3.24. The Hall–Kier alpha value is -2.07. The number of thiazole rings is 1. The highest BCUT2D eigenvalue weighted by molar-refractivity contribution is 7.22. The maximum Gasteiger partial charge on any atom is 0.188 e. The Morgan fingerprint density at radius 3 is 2.75 bits per heavy atom. The lowest BCUT2D eigenvalue weighted by molar-refractivity contribution is 0.869. The maximum absolute atomic E-state index is 5.81. The number of nitrogens with two attached hydrogens (primary N) is 1. The molecule has 0 aliphatic carbocycles. The minimum atomic E-state index is 0.476. The number of aromatic nitrogens is 1. The van der Waals surface area contributed by atoms with E-state index in [-0.39, 0.29) is 0 Å². The van der Waals surface area contributed by atoms with Gasteiger partial charge in [0.25, 0.3) is 0 Å². The summed E-state index contributed by atoms with van der Waals surface area (Å²) in [4.78, 5) is 4.60. The summed E-state index contributed by atoms with van der Waals surface area (Å²) in [6, 6.07) is 14.2. The highest BCUT2D eigenvalue weighted by Crippen LogP contribution is 2.32. The van der Waals surface area contributed by atoms with Gasteiger partial charge in [-0.15, -0.1) is 0 Å². The Morgan fingerprint density at radius 2 is 1.95 bits per heavy atom. The second-order valence-corrected chi connectivity index (χ2v) is 6.14. The van der Waals surface area contributed by atoms with Crippen LogP contribution < -0.4 is 11.1 Å². The van der Waals surface area contributed by atoms with Gasteiger partial charge in [-0.25, -0.2) is 4.98 Å². The highest BCUT2D eigenvalue weighted by Gasteiger charge is 2.09. The van der Waals surface area contributed by atoms with Crippen LogP contribution in [0.1, 0.15) is 25.3 Å². The molecule has 0 saturated carbocycles. The summed E-state index contributed by atoms with van der Waals surface area (Å²) in [6.45, 7) is 4.39. The summed E-state index contributed by atoms with van der Waals surface area (Å²) in [5.74, 6) is 0.476. The largest absolute Gasteiger partial charge is 0.399 e. The number of anilines is 3. The Labute approximate surface area is 122 Å². The number of nitrogens with zero attached hydrogens (tertiary/aromatic N) is 1. The van der Waals surface area contributed by atoms with Gasteiger partial charge in [0.1, 0.15) is 0 Å². The molecule has 20 heavy (non-hydrogen) atoms. The number of nitrogens with one attached hydrogen (secondary N) is 1. The molecule has 0 unspecified atom stereocenters. The second-order valence-electron chi connectivity index (χ2n) is 5.11. The lowest BCUT2D eigenvalue weighted by atomic mass is 10.0. The molecule has 3 aromatic rings. The molecule has 0 atom stereocenters. The Balaban J connectivity index is 1.97. The van der Waals surface area contributed by atoms with E-state index in [1.807, 2.05) is 24.3 Å². The average Bonchev–Trinajstić information content (AvgIpc) is 2.80. The number of para-hydroxylation sites is 1. The molecule has 0 aliphatic heterocycles. The van der Waals surface area contributed by atoms with Crippen LogP contribution in [0.25, 0.3) is 10.2 Å². The van der Waals surface area contributed by atoms with Crippen molar-refractivity contribution in [1.82, 2.24) is 4.98 Å². The lowest BCUT2D eigenvalue weighted by Gasteiger charge is -2.12. The van der Waals surface area contributed by atoms with Gasteiger partial charge in [0, 0.05) is 11.4 Å². The summed E-state index contributed by atoms with van der Waals surface area (Å²) in [5.41, 5.74) is 9.98. The second kappa shape index (κ2) is 5.13. The van der Waals surface area contributed by atoms with Crippen LogP contribution in [0, 0.1) is 0 Å². The van der Waals surface area contributed by atoms with Gasteiger partial charge in [-0.05, 0) is 35.7 Å². The molecule has 0 amide bonds. The zero-order valence-electron chi connectivity index (χ0n) is 11.6. The number of nitrogen functional groups attached to an aromatic ring is 1. The van der Waals surface area contributed by atoms with Crippen LogP contribution in [0.2, 0.25) is 0 Å². The summed E-state index contributed by atoms with van der Waals surface area (Å²) in [5, 5.41) is 4.33. The van der Waals surface area contributed by atoms with E-state index in [1.54, 1.807) is 11.3 Å². The van der Waals surface area contributed by atoms with Crippen LogP contribution >= 0.6 is 11.3 Å². The first kappa shape index (κ1) is 12.9. The smallest absolute Gasteiger partial charge is 0.188 e. The van der Waals surface area contributed by atoms with E-state index in [0.717, 1.165) is 26.7 Å². The maximum atomic E-state index is 5.81. The fourth-order valence-corrected chi connectivity index (χ4v) is 3.15. The van der Waals surface area contributed by atoms with Gasteiger partial charge in [-0.1, -0.05) is 43.4 Å². The van der Waals surface area contributed by atoms with E-state index in [4.69, 9.17) is 5.73 Å². The number of hydrogen-bond acceptors (Lipinski definition) is 4. The molecule has 4 heteroatoms. The molecule has 0 radical (unpaired) electrons. The van der Waals surface area contributed by atoms with Crippen molar-refractivity contribution < 1.29 is 0 Å². The molecule has 1 heterocycles. The first-order valence-corrected chi connectivity index (χ1v) is 7.47. The van der Waals surface area contributed by atoms with Gasteiger partial charge in [-0.3, -0.25) is 0 Å². The fraction of sp³-hybridized carbons (Fsp3) is 0.188. The van der Waals surface area contributed by atoms with Gasteiger partial charge in [0.05, 0.1) is 10.2 Å². The van der Waals surface area contributed by atoms with E-state index >= 15 is 0 Å². The van der Waals surface area contributed by atoms with Crippen molar-refractivity contribution in [2.75, 3.05) is 11.1 Å².